The monoisotopic (exact) mass is 146 g/mol. The summed E-state index contributed by atoms with van der Waals surface area (Å²) < 4.78 is 5.11. The van der Waals surface area contributed by atoms with Gasteiger partial charge in [-0.1, -0.05) is 20.8 Å². The lowest BCUT2D eigenvalue weighted by Gasteiger charge is -2.23. The zero-order valence-corrected chi connectivity index (χ0v) is 7.29. The molecule has 2 nitrogen and oxygen atoms in total. The summed E-state index contributed by atoms with van der Waals surface area (Å²) in [5.74, 6) is 0.389. The van der Waals surface area contributed by atoms with Crippen LogP contribution in [0.15, 0.2) is 0 Å². The number of rotatable bonds is 4. The van der Waals surface area contributed by atoms with E-state index < -0.39 is 0 Å². The van der Waals surface area contributed by atoms with Gasteiger partial charge in [0, 0.05) is 7.11 Å². The molecule has 0 amide bonds. The summed E-state index contributed by atoms with van der Waals surface area (Å²) in [6, 6.07) is 0. The molecule has 0 aliphatic heterocycles. The van der Waals surface area contributed by atoms with E-state index in [0.29, 0.717) is 5.92 Å². The standard InChI is InChI=1S/C8H18O2/c1-5-7(9)8(10-4)6(2)3/h6-9H,5H2,1-4H3/t7-,8?/m1/s1. The van der Waals surface area contributed by atoms with Gasteiger partial charge in [-0.25, -0.2) is 0 Å². The van der Waals surface area contributed by atoms with E-state index in [4.69, 9.17) is 4.74 Å². The molecule has 0 bridgehead atoms. The fourth-order valence-electron chi connectivity index (χ4n) is 1.11. The molecule has 0 radical (unpaired) electrons. The van der Waals surface area contributed by atoms with Gasteiger partial charge in [-0.2, -0.15) is 0 Å². The van der Waals surface area contributed by atoms with Crippen LogP contribution in [0.3, 0.4) is 0 Å². The van der Waals surface area contributed by atoms with E-state index in [2.05, 4.69) is 0 Å². The molecule has 2 heteroatoms. The molecule has 10 heavy (non-hydrogen) atoms. The Labute approximate surface area is 63.2 Å². The van der Waals surface area contributed by atoms with Crippen LogP contribution in [0, 0.1) is 5.92 Å². The molecule has 0 aromatic rings. The van der Waals surface area contributed by atoms with Gasteiger partial charge < -0.3 is 9.84 Å². The molecule has 0 aromatic carbocycles. The molecule has 0 heterocycles. The van der Waals surface area contributed by atoms with Crippen molar-refractivity contribution in [2.45, 2.75) is 39.4 Å². The zero-order valence-electron chi connectivity index (χ0n) is 7.29. The van der Waals surface area contributed by atoms with Gasteiger partial charge in [0.15, 0.2) is 0 Å². The van der Waals surface area contributed by atoms with E-state index in [-0.39, 0.29) is 12.2 Å². The van der Waals surface area contributed by atoms with E-state index >= 15 is 0 Å². The maximum Gasteiger partial charge on any atom is 0.0852 e. The summed E-state index contributed by atoms with van der Waals surface area (Å²) in [6.07, 6.45) is 0.437. The third kappa shape index (κ3) is 2.67. The van der Waals surface area contributed by atoms with Crippen LogP contribution < -0.4 is 0 Å². The van der Waals surface area contributed by atoms with Crippen LogP contribution in [0.5, 0.6) is 0 Å². The highest BCUT2D eigenvalue weighted by Crippen LogP contribution is 2.11. The Morgan fingerprint density at radius 2 is 1.90 bits per heavy atom. The quantitative estimate of drug-likeness (QED) is 0.650. The molecule has 0 saturated heterocycles. The summed E-state index contributed by atoms with van der Waals surface area (Å²) in [5.41, 5.74) is 0. The minimum absolute atomic E-state index is 0.00926. The van der Waals surface area contributed by atoms with Gasteiger partial charge in [-0.3, -0.25) is 0 Å². The highest BCUT2D eigenvalue weighted by Gasteiger charge is 2.19. The Bertz CT molecular complexity index is 81.3. The molecule has 0 saturated carbocycles. The third-order valence-corrected chi connectivity index (χ3v) is 1.73. The topological polar surface area (TPSA) is 29.5 Å². The fourth-order valence-corrected chi connectivity index (χ4v) is 1.11. The summed E-state index contributed by atoms with van der Waals surface area (Å²) in [6.45, 7) is 6.05. The number of aliphatic hydroxyl groups excluding tert-OH is 1. The second-order valence-electron chi connectivity index (χ2n) is 2.92. The average Bonchev–Trinajstić information content (AvgIpc) is 1.88. The number of ether oxygens (including phenoxy) is 1. The van der Waals surface area contributed by atoms with E-state index in [9.17, 15) is 5.11 Å². The van der Waals surface area contributed by atoms with Crippen molar-refractivity contribution in [1.29, 1.82) is 0 Å². The van der Waals surface area contributed by atoms with Crippen LogP contribution >= 0.6 is 0 Å². The van der Waals surface area contributed by atoms with Gasteiger partial charge in [0.05, 0.1) is 12.2 Å². The lowest BCUT2D eigenvalue weighted by Crippen LogP contribution is -2.32. The van der Waals surface area contributed by atoms with Crippen LogP contribution in [0.25, 0.3) is 0 Å². The number of aliphatic hydroxyl groups is 1. The second-order valence-corrected chi connectivity index (χ2v) is 2.92. The highest BCUT2D eigenvalue weighted by atomic mass is 16.5. The Morgan fingerprint density at radius 3 is 2.00 bits per heavy atom. The van der Waals surface area contributed by atoms with Crippen molar-refractivity contribution in [3.63, 3.8) is 0 Å². The van der Waals surface area contributed by atoms with Crippen molar-refractivity contribution >= 4 is 0 Å². The van der Waals surface area contributed by atoms with Crippen molar-refractivity contribution in [1.82, 2.24) is 0 Å². The molecule has 1 unspecified atom stereocenters. The van der Waals surface area contributed by atoms with Crippen LogP contribution in [0.1, 0.15) is 27.2 Å². The first-order chi connectivity index (χ1) is 4.63. The SMILES string of the molecule is CC[C@@H](O)C(OC)C(C)C. The van der Waals surface area contributed by atoms with Gasteiger partial charge in [-0.15, -0.1) is 0 Å². The molecule has 0 fully saturated rings. The molecule has 2 atom stereocenters. The van der Waals surface area contributed by atoms with Crippen LogP contribution in [-0.4, -0.2) is 24.4 Å². The molecule has 0 rings (SSSR count). The average molecular weight is 146 g/mol. The Hall–Kier alpha value is -0.0800. The van der Waals surface area contributed by atoms with Crippen LogP contribution in [-0.2, 0) is 4.74 Å². The molecule has 0 aliphatic carbocycles. The lowest BCUT2D eigenvalue weighted by molar-refractivity contribution is -0.0385. The summed E-state index contributed by atoms with van der Waals surface area (Å²) in [7, 11) is 1.64. The van der Waals surface area contributed by atoms with E-state index in [0.717, 1.165) is 6.42 Å². The van der Waals surface area contributed by atoms with Crippen molar-refractivity contribution in [2.75, 3.05) is 7.11 Å². The summed E-state index contributed by atoms with van der Waals surface area (Å²) in [4.78, 5) is 0. The van der Waals surface area contributed by atoms with Crippen molar-refractivity contribution < 1.29 is 9.84 Å². The highest BCUT2D eigenvalue weighted by molar-refractivity contribution is 4.69. The summed E-state index contributed by atoms with van der Waals surface area (Å²) >= 11 is 0. The molecule has 62 valence electrons. The van der Waals surface area contributed by atoms with Crippen molar-refractivity contribution in [3.05, 3.63) is 0 Å². The lowest BCUT2D eigenvalue weighted by atomic mass is 10.0. The van der Waals surface area contributed by atoms with Gasteiger partial charge >= 0.3 is 0 Å². The van der Waals surface area contributed by atoms with Gasteiger partial charge in [0.25, 0.3) is 0 Å². The van der Waals surface area contributed by atoms with E-state index in [1.165, 1.54) is 0 Å². The largest absolute Gasteiger partial charge is 0.390 e. The predicted octanol–water partition coefficient (Wildman–Crippen LogP) is 1.43. The molecule has 1 N–H and O–H groups in total. The van der Waals surface area contributed by atoms with Crippen LogP contribution in [0.4, 0.5) is 0 Å². The molecular weight excluding hydrogens is 128 g/mol. The molecule has 0 aromatic heterocycles. The Morgan fingerprint density at radius 1 is 1.40 bits per heavy atom. The Kier molecular flexibility index (Phi) is 4.65. The normalized spacial score (nSPS) is 17.4. The maximum absolute atomic E-state index is 9.36. The van der Waals surface area contributed by atoms with Crippen molar-refractivity contribution in [3.8, 4) is 0 Å². The predicted molar refractivity (Wildman–Crippen MR) is 41.9 cm³/mol. The second kappa shape index (κ2) is 4.69. The van der Waals surface area contributed by atoms with E-state index in [1.807, 2.05) is 20.8 Å². The van der Waals surface area contributed by atoms with Crippen molar-refractivity contribution in [2.24, 2.45) is 5.92 Å². The smallest absolute Gasteiger partial charge is 0.0852 e. The maximum atomic E-state index is 9.36. The van der Waals surface area contributed by atoms with Gasteiger partial charge in [-0.05, 0) is 12.3 Å². The summed E-state index contributed by atoms with van der Waals surface area (Å²) in [5, 5.41) is 9.36. The molecule has 0 aliphatic rings. The van der Waals surface area contributed by atoms with Gasteiger partial charge in [0.2, 0.25) is 0 Å². The number of hydrogen-bond acceptors (Lipinski definition) is 2. The fraction of sp³-hybridized carbons (Fsp3) is 1.00. The Balaban J connectivity index is 3.80. The first kappa shape index (κ1) is 9.92. The van der Waals surface area contributed by atoms with E-state index in [1.54, 1.807) is 7.11 Å². The molecule has 0 spiro atoms. The first-order valence-corrected chi connectivity index (χ1v) is 3.84. The molecular formula is C8H18O2. The van der Waals surface area contributed by atoms with Gasteiger partial charge in [0.1, 0.15) is 0 Å². The number of hydrogen-bond donors (Lipinski definition) is 1. The minimum atomic E-state index is -0.315. The number of methoxy groups -OCH3 is 1. The minimum Gasteiger partial charge on any atom is -0.390 e. The third-order valence-electron chi connectivity index (χ3n) is 1.73. The zero-order chi connectivity index (χ0) is 8.15. The van der Waals surface area contributed by atoms with Crippen LogP contribution in [0.2, 0.25) is 0 Å². The first-order valence-electron chi connectivity index (χ1n) is 3.84.